The van der Waals surface area contributed by atoms with E-state index in [1.54, 1.807) is 15.9 Å². The number of fused-ring (bicyclic) bond motifs is 3. The van der Waals surface area contributed by atoms with E-state index in [0.29, 0.717) is 17.6 Å². The summed E-state index contributed by atoms with van der Waals surface area (Å²) in [7, 11) is 0. The van der Waals surface area contributed by atoms with Gasteiger partial charge in [0.2, 0.25) is 5.91 Å². The number of rotatable bonds is 6. The van der Waals surface area contributed by atoms with Crippen LogP contribution in [0.25, 0.3) is 15.9 Å². The number of hydrogen-bond acceptors (Lipinski definition) is 6. The molecule has 0 aliphatic heterocycles. The van der Waals surface area contributed by atoms with Gasteiger partial charge in [0.05, 0.1) is 29.3 Å². The van der Waals surface area contributed by atoms with Crippen molar-refractivity contribution in [2.45, 2.75) is 37.8 Å². The highest BCUT2D eigenvalue weighted by Crippen LogP contribution is 2.36. The number of aromatic nitrogens is 2. The van der Waals surface area contributed by atoms with Gasteiger partial charge in [-0.25, -0.2) is 4.98 Å². The molecule has 2 heterocycles. The van der Waals surface area contributed by atoms with Gasteiger partial charge in [-0.15, -0.1) is 11.3 Å². The third-order valence-electron chi connectivity index (χ3n) is 5.20. The average molecular weight is 439 g/mol. The van der Waals surface area contributed by atoms with Crippen molar-refractivity contribution < 1.29 is 4.79 Å². The van der Waals surface area contributed by atoms with E-state index in [1.807, 2.05) is 36.4 Å². The quantitative estimate of drug-likeness (QED) is 0.360. The lowest BCUT2D eigenvalue weighted by atomic mass is 9.89. The van der Waals surface area contributed by atoms with Gasteiger partial charge in [-0.05, 0) is 42.9 Å². The lowest BCUT2D eigenvalue weighted by Crippen LogP contribution is -2.27. The molecule has 0 bridgehead atoms. The zero-order valence-corrected chi connectivity index (χ0v) is 18.3. The second-order valence-corrected chi connectivity index (χ2v) is 9.48. The highest BCUT2D eigenvalue weighted by molar-refractivity contribution is 7.99. The molecule has 154 valence electrons. The molecule has 0 spiro atoms. The summed E-state index contributed by atoms with van der Waals surface area (Å²) in [6, 6.07) is 11.5. The van der Waals surface area contributed by atoms with Crippen LogP contribution in [-0.2, 0) is 17.6 Å². The van der Waals surface area contributed by atoms with Gasteiger partial charge in [0.1, 0.15) is 4.83 Å². The topological polar surface area (TPSA) is 87.8 Å². The van der Waals surface area contributed by atoms with Crippen LogP contribution >= 0.6 is 23.1 Å². The monoisotopic (exact) mass is 438 g/mol. The van der Waals surface area contributed by atoms with Crippen molar-refractivity contribution in [1.29, 1.82) is 5.26 Å². The summed E-state index contributed by atoms with van der Waals surface area (Å²) in [6.45, 7) is 2.57. The summed E-state index contributed by atoms with van der Waals surface area (Å²) in [5, 5.41) is 12.6. The van der Waals surface area contributed by atoms with Crippen molar-refractivity contribution in [2.24, 2.45) is 5.92 Å². The number of benzene rings is 1. The van der Waals surface area contributed by atoms with E-state index in [1.165, 1.54) is 16.6 Å². The smallest absolute Gasteiger partial charge is 0.267 e. The summed E-state index contributed by atoms with van der Waals surface area (Å²) in [6.07, 6.45) is 3.26. The Morgan fingerprint density at radius 1 is 1.40 bits per heavy atom. The van der Waals surface area contributed by atoms with E-state index >= 15 is 0 Å². The van der Waals surface area contributed by atoms with Gasteiger partial charge in [0.25, 0.3) is 5.56 Å². The number of hydrogen-bond donors (Lipinski definition) is 1. The third kappa shape index (κ3) is 4.13. The summed E-state index contributed by atoms with van der Waals surface area (Å²) in [5.74, 6) is 0.578. The Morgan fingerprint density at radius 3 is 2.97 bits per heavy atom. The van der Waals surface area contributed by atoms with Gasteiger partial charge >= 0.3 is 0 Å². The van der Waals surface area contributed by atoms with Gasteiger partial charge in [-0.3, -0.25) is 14.2 Å². The standard InChI is InChI=1S/C22H22N4O2S2/c1-14-8-9-16-17(12-14)30-20-19(16)21(28)26(15-6-3-2-4-7-15)22(25-20)29-13-18(27)24-11-5-10-23/h2-4,6-7,14H,5,8-9,11-13H2,1H3,(H,24,27). The first-order valence-electron chi connectivity index (χ1n) is 9.97. The number of nitrogens with one attached hydrogen (secondary N) is 1. The van der Waals surface area contributed by atoms with Gasteiger partial charge < -0.3 is 5.32 Å². The van der Waals surface area contributed by atoms with Crippen LogP contribution in [0.2, 0.25) is 0 Å². The fraction of sp³-hybridized carbons (Fsp3) is 0.364. The molecule has 1 aliphatic carbocycles. The molecular formula is C22H22N4O2S2. The highest BCUT2D eigenvalue weighted by atomic mass is 32.2. The van der Waals surface area contributed by atoms with Gasteiger partial charge in [0, 0.05) is 11.4 Å². The lowest BCUT2D eigenvalue weighted by molar-refractivity contribution is -0.118. The van der Waals surface area contributed by atoms with Crippen molar-refractivity contribution in [2.75, 3.05) is 12.3 Å². The maximum Gasteiger partial charge on any atom is 0.267 e. The second kappa shape index (κ2) is 9.02. The zero-order chi connectivity index (χ0) is 21.1. The Hall–Kier alpha value is -2.63. The van der Waals surface area contributed by atoms with Crippen molar-refractivity contribution in [3.8, 4) is 11.8 Å². The molecule has 6 nitrogen and oxygen atoms in total. The number of amides is 1. The molecule has 4 rings (SSSR count). The number of thiophene rings is 1. The molecule has 1 aromatic carbocycles. The SMILES string of the molecule is CC1CCc2c(sc3nc(SCC(=O)NCCC#N)n(-c4ccccc4)c(=O)c23)C1. The predicted molar refractivity (Wildman–Crippen MR) is 120 cm³/mol. The van der Waals surface area contributed by atoms with Crippen LogP contribution in [0.4, 0.5) is 0 Å². The van der Waals surface area contributed by atoms with Crippen molar-refractivity contribution >= 4 is 39.2 Å². The number of para-hydroxylation sites is 1. The minimum atomic E-state index is -0.177. The van der Waals surface area contributed by atoms with Crippen LogP contribution in [-0.4, -0.2) is 27.8 Å². The van der Waals surface area contributed by atoms with E-state index in [0.717, 1.165) is 40.7 Å². The Kier molecular flexibility index (Phi) is 6.21. The zero-order valence-electron chi connectivity index (χ0n) is 16.7. The van der Waals surface area contributed by atoms with E-state index in [-0.39, 0.29) is 23.6 Å². The second-order valence-electron chi connectivity index (χ2n) is 7.45. The number of nitrogens with zero attached hydrogens (tertiary/aromatic N) is 3. The summed E-state index contributed by atoms with van der Waals surface area (Å²) >= 11 is 2.86. The fourth-order valence-electron chi connectivity index (χ4n) is 3.71. The normalized spacial score (nSPS) is 15.5. The Bertz CT molecular complexity index is 1180. The van der Waals surface area contributed by atoms with Crippen LogP contribution in [0.5, 0.6) is 0 Å². The van der Waals surface area contributed by atoms with Gasteiger partial charge in [-0.1, -0.05) is 36.9 Å². The minimum absolute atomic E-state index is 0.0642. The maximum atomic E-state index is 13.6. The number of carbonyl (C=O) groups is 1. The van der Waals surface area contributed by atoms with Crippen LogP contribution in [0, 0.1) is 17.2 Å². The van der Waals surface area contributed by atoms with Gasteiger partial charge in [-0.2, -0.15) is 5.26 Å². The first kappa shape index (κ1) is 20.6. The molecule has 0 saturated carbocycles. The number of thioether (sulfide) groups is 1. The van der Waals surface area contributed by atoms with E-state index < -0.39 is 0 Å². The van der Waals surface area contributed by atoms with Crippen LogP contribution < -0.4 is 10.9 Å². The third-order valence-corrected chi connectivity index (χ3v) is 7.29. The first-order valence-corrected chi connectivity index (χ1v) is 11.8. The molecule has 1 atom stereocenters. The highest BCUT2D eigenvalue weighted by Gasteiger charge is 2.25. The molecule has 0 saturated heterocycles. The molecule has 3 aromatic rings. The minimum Gasteiger partial charge on any atom is -0.354 e. The first-order chi connectivity index (χ1) is 14.6. The van der Waals surface area contributed by atoms with Crippen LogP contribution in [0.1, 0.15) is 30.2 Å². The molecule has 30 heavy (non-hydrogen) atoms. The summed E-state index contributed by atoms with van der Waals surface area (Å²) < 4.78 is 1.63. The molecule has 1 amide bonds. The molecule has 0 fully saturated rings. The van der Waals surface area contributed by atoms with Gasteiger partial charge in [0.15, 0.2) is 5.16 Å². The number of nitriles is 1. The van der Waals surface area contributed by atoms with Crippen LogP contribution in [0.3, 0.4) is 0 Å². The lowest BCUT2D eigenvalue weighted by Gasteiger charge is -2.17. The molecule has 1 aliphatic rings. The summed E-state index contributed by atoms with van der Waals surface area (Å²) in [5.41, 5.74) is 1.83. The molecule has 0 radical (unpaired) electrons. The molecule has 1 N–H and O–H groups in total. The van der Waals surface area contributed by atoms with Crippen molar-refractivity contribution in [3.05, 3.63) is 51.1 Å². The number of aryl methyl sites for hydroxylation is 1. The molecular weight excluding hydrogens is 416 g/mol. The fourth-order valence-corrected chi connectivity index (χ4v) is 5.98. The predicted octanol–water partition coefficient (Wildman–Crippen LogP) is 3.69. The Labute approximate surface area is 182 Å². The van der Waals surface area contributed by atoms with E-state index in [2.05, 4.69) is 12.2 Å². The van der Waals surface area contributed by atoms with E-state index in [9.17, 15) is 9.59 Å². The summed E-state index contributed by atoms with van der Waals surface area (Å²) in [4.78, 5) is 32.6. The molecule has 2 aromatic heterocycles. The Morgan fingerprint density at radius 2 is 2.20 bits per heavy atom. The Balaban J connectivity index is 1.76. The largest absolute Gasteiger partial charge is 0.354 e. The average Bonchev–Trinajstić information content (AvgIpc) is 3.10. The van der Waals surface area contributed by atoms with Crippen LogP contribution in [0.15, 0.2) is 40.3 Å². The van der Waals surface area contributed by atoms with Crippen molar-refractivity contribution in [1.82, 2.24) is 14.9 Å². The number of carbonyl (C=O) groups excluding carboxylic acids is 1. The molecule has 1 unspecified atom stereocenters. The maximum absolute atomic E-state index is 13.6. The molecule has 8 heteroatoms. The van der Waals surface area contributed by atoms with Crippen molar-refractivity contribution in [3.63, 3.8) is 0 Å². The van der Waals surface area contributed by atoms with E-state index in [4.69, 9.17) is 10.2 Å².